The number of hydrogen-bond acceptors (Lipinski definition) is 1. The van der Waals surface area contributed by atoms with Crippen LogP contribution in [0.15, 0.2) is 53.0 Å². The average molecular weight is 331 g/mol. The third-order valence-electron chi connectivity index (χ3n) is 3.59. The summed E-state index contributed by atoms with van der Waals surface area (Å²) in [6, 6.07) is 16.0. The molecule has 0 spiro atoms. The minimum Gasteiger partial charge on any atom is -0.294 e. The normalized spacial score (nSPS) is 12.2. The van der Waals surface area contributed by atoms with Gasteiger partial charge in [0.15, 0.2) is 5.78 Å². The van der Waals surface area contributed by atoms with Crippen LogP contribution in [0, 0.1) is 12.8 Å². The maximum atomic E-state index is 12.4. The summed E-state index contributed by atoms with van der Waals surface area (Å²) >= 11 is 3.55. The van der Waals surface area contributed by atoms with Crippen LogP contribution in [0.25, 0.3) is 0 Å². The molecule has 2 aromatic carbocycles. The van der Waals surface area contributed by atoms with E-state index in [2.05, 4.69) is 22.0 Å². The van der Waals surface area contributed by atoms with Gasteiger partial charge in [0.1, 0.15) is 0 Å². The maximum absolute atomic E-state index is 12.4. The Kier molecular flexibility index (Phi) is 5.13. The highest BCUT2D eigenvalue weighted by molar-refractivity contribution is 9.10. The molecular weight excluding hydrogens is 312 g/mol. The monoisotopic (exact) mass is 330 g/mol. The van der Waals surface area contributed by atoms with Crippen molar-refractivity contribution in [1.82, 2.24) is 0 Å². The molecule has 0 amide bonds. The van der Waals surface area contributed by atoms with E-state index in [0.717, 1.165) is 22.9 Å². The lowest BCUT2D eigenvalue weighted by Crippen LogP contribution is -2.12. The first-order chi connectivity index (χ1) is 9.58. The van der Waals surface area contributed by atoms with Gasteiger partial charge < -0.3 is 0 Å². The van der Waals surface area contributed by atoms with Gasteiger partial charge in [0.25, 0.3) is 0 Å². The number of rotatable bonds is 5. The zero-order valence-corrected chi connectivity index (χ0v) is 13.5. The van der Waals surface area contributed by atoms with Gasteiger partial charge in [-0.05, 0) is 31.4 Å². The van der Waals surface area contributed by atoms with Gasteiger partial charge in [0, 0.05) is 16.0 Å². The van der Waals surface area contributed by atoms with Gasteiger partial charge in [-0.15, -0.1) is 0 Å². The molecule has 2 rings (SSSR count). The van der Waals surface area contributed by atoms with Crippen molar-refractivity contribution in [3.05, 3.63) is 69.7 Å². The van der Waals surface area contributed by atoms with Crippen molar-refractivity contribution in [2.45, 2.75) is 26.7 Å². The lowest BCUT2D eigenvalue weighted by atomic mass is 9.93. The second-order valence-electron chi connectivity index (χ2n) is 5.26. The molecule has 0 fully saturated rings. The van der Waals surface area contributed by atoms with Crippen molar-refractivity contribution >= 4 is 21.7 Å². The topological polar surface area (TPSA) is 17.1 Å². The van der Waals surface area contributed by atoms with Crippen molar-refractivity contribution in [2.24, 2.45) is 5.92 Å². The van der Waals surface area contributed by atoms with Crippen LogP contribution in [0.5, 0.6) is 0 Å². The summed E-state index contributed by atoms with van der Waals surface area (Å²) in [5, 5.41) is 0. The van der Waals surface area contributed by atoms with E-state index in [1.54, 1.807) is 0 Å². The Morgan fingerprint density at radius 1 is 1.10 bits per heavy atom. The number of carbonyl (C=O) groups excluding carboxylic acids is 1. The van der Waals surface area contributed by atoms with E-state index in [1.807, 2.05) is 56.3 Å². The summed E-state index contributed by atoms with van der Waals surface area (Å²) in [4.78, 5) is 12.4. The summed E-state index contributed by atoms with van der Waals surface area (Å²) < 4.78 is 1.12. The molecule has 2 aromatic rings. The van der Waals surface area contributed by atoms with Crippen LogP contribution in [0.2, 0.25) is 0 Å². The molecule has 0 radical (unpaired) electrons. The molecule has 0 saturated carbocycles. The number of ketones is 1. The van der Waals surface area contributed by atoms with Crippen molar-refractivity contribution in [1.29, 1.82) is 0 Å². The van der Waals surface area contributed by atoms with E-state index in [1.165, 1.54) is 11.1 Å². The van der Waals surface area contributed by atoms with E-state index in [-0.39, 0.29) is 11.7 Å². The van der Waals surface area contributed by atoms with Crippen molar-refractivity contribution in [3.63, 3.8) is 0 Å². The van der Waals surface area contributed by atoms with Crippen LogP contribution in [0.4, 0.5) is 0 Å². The lowest BCUT2D eigenvalue weighted by Gasteiger charge is -2.11. The largest absolute Gasteiger partial charge is 0.294 e. The van der Waals surface area contributed by atoms with E-state index in [9.17, 15) is 4.79 Å². The zero-order valence-electron chi connectivity index (χ0n) is 11.9. The molecule has 0 aliphatic rings. The molecule has 0 aromatic heterocycles. The fourth-order valence-electron chi connectivity index (χ4n) is 2.21. The summed E-state index contributed by atoms with van der Waals surface area (Å²) in [5.41, 5.74) is 3.26. The smallest absolute Gasteiger partial charge is 0.165 e. The number of halogens is 1. The van der Waals surface area contributed by atoms with Crippen LogP contribution < -0.4 is 0 Å². The number of benzene rings is 2. The summed E-state index contributed by atoms with van der Waals surface area (Å²) in [6.07, 6.45) is 1.79. The molecule has 1 nitrogen and oxygen atoms in total. The molecule has 20 heavy (non-hydrogen) atoms. The Labute approximate surface area is 129 Å². The quantitative estimate of drug-likeness (QED) is 0.688. The van der Waals surface area contributed by atoms with Crippen LogP contribution in [-0.4, -0.2) is 5.78 Å². The molecule has 0 aliphatic carbocycles. The molecular formula is C18H19BrO. The summed E-state index contributed by atoms with van der Waals surface area (Å²) in [5.74, 6) is 0.280. The molecule has 0 bridgehead atoms. The molecule has 1 unspecified atom stereocenters. The first-order valence-corrected chi connectivity index (χ1v) is 7.71. The third-order valence-corrected chi connectivity index (χ3v) is 4.36. The maximum Gasteiger partial charge on any atom is 0.165 e. The molecule has 104 valence electrons. The Hall–Kier alpha value is -1.41. The molecule has 2 heteroatoms. The van der Waals surface area contributed by atoms with Crippen LogP contribution in [0.3, 0.4) is 0 Å². The van der Waals surface area contributed by atoms with E-state index in [0.29, 0.717) is 0 Å². The molecule has 0 saturated heterocycles. The fourth-order valence-corrected chi connectivity index (χ4v) is 2.69. The third kappa shape index (κ3) is 3.80. The van der Waals surface area contributed by atoms with Crippen molar-refractivity contribution in [2.75, 3.05) is 0 Å². The number of Topliss-reactive ketones (excluding diaryl/α,β-unsaturated/α-hetero) is 1. The van der Waals surface area contributed by atoms with Gasteiger partial charge in [-0.1, -0.05) is 70.9 Å². The summed E-state index contributed by atoms with van der Waals surface area (Å²) in [6.45, 7) is 4.05. The predicted octanol–water partition coefficient (Wildman–Crippen LogP) is 5.21. The standard InChI is InChI=1S/C18H19BrO/c1-13-7-10-16(11-8-13)18(20)14(2)9-12-15-5-3-4-6-17(15)19/h3-8,10-11,14H,9,12H2,1-2H3. The molecule has 0 aliphatic heterocycles. The second kappa shape index (κ2) is 6.85. The lowest BCUT2D eigenvalue weighted by molar-refractivity contribution is 0.0924. The van der Waals surface area contributed by atoms with Gasteiger partial charge in [-0.3, -0.25) is 4.79 Å². The highest BCUT2D eigenvalue weighted by atomic mass is 79.9. The number of carbonyl (C=O) groups is 1. The van der Waals surface area contributed by atoms with Gasteiger partial charge >= 0.3 is 0 Å². The number of hydrogen-bond donors (Lipinski definition) is 0. The first-order valence-electron chi connectivity index (χ1n) is 6.92. The van der Waals surface area contributed by atoms with Crippen molar-refractivity contribution < 1.29 is 4.79 Å². The van der Waals surface area contributed by atoms with Crippen molar-refractivity contribution in [3.8, 4) is 0 Å². The molecule has 1 atom stereocenters. The minimum atomic E-state index is 0.0461. The molecule has 0 heterocycles. The molecule has 0 N–H and O–H groups in total. The highest BCUT2D eigenvalue weighted by Gasteiger charge is 2.15. The fraction of sp³-hybridized carbons (Fsp3) is 0.278. The van der Waals surface area contributed by atoms with E-state index < -0.39 is 0 Å². The van der Waals surface area contributed by atoms with Gasteiger partial charge in [0.2, 0.25) is 0 Å². The van der Waals surface area contributed by atoms with Gasteiger partial charge in [-0.2, -0.15) is 0 Å². The van der Waals surface area contributed by atoms with Gasteiger partial charge in [-0.25, -0.2) is 0 Å². The van der Waals surface area contributed by atoms with Crippen LogP contribution in [0.1, 0.15) is 34.8 Å². The zero-order chi connectivity index (χ0) is 14.5. The predicted molar refractivity (Wildman–Crippen MR) is 87.1 cm³/mol. The van der Waals surface area contributed by atoms with E-state index >= 15 is 0 Å². The second-order valence-corrected chi connectivity index (χ2v) is 6.12. The Morgan fingerprint density at radius 3 is 2.40 bits per heavy atom. The highest BCUT2D eigenvalue weighted by Crippen LogP contribution is 2.21. The average Bonchev–Trinajstić information content (AvgIpc) is 2.46. The van der Waals surface area contributed by atoms with E-state index in [4.69, 9.17) is 0 Å². The summed E-state index contributed by atoms with van der Waals surface area (Å²) in [7, 11) is 0. The Morgan fingerprint density at radius 2 is 1.75 bits per heavy atom. The Bertz CT molecular complexity index is 587. The minimum absolute atomic E-state index is 0.0461. The SMILES string of the molecule is Cc1ccc(C(=O)C(C)CCc2ccccc2Br)cc1. The van der Waals surface area contributed by atoms with Crippen LogP contribution >= 0.6 is 15.9 Å². The Balaban J connectivity index is 1.98. The van der Waals surface area contributed by atoms with Gasteiger partial charge in [0.05, 0.1) is 0 Å². The van der Waals surface area contributed by atoms with Crippen LogP contribution in [-0.2, 0) is 6.42 Å². The number of aryl methyl sites for hydroxylation is 2. The first kappa shape index (κ1) is 15.0.